The van der Waals surface area contributed by atoms with Crippen molar-refractivity contribution in [1.82, 2.24) is 0 Å². The summed E-state index contributed by atoms with van der Waals surface area (Å²) in [5.41, 5.74) is 0. The number of ether oxygens (including phenoxy) is 5. The number of unbranched alkanes of at least 4 members (excludes halogenated alkanes) is 39. The van der Waals surface area contributed by atoms with Gasteiger partial charge in [-0.05, 0) is 44.9 Å². The number of rotatable bonds is 55. The van der Waals surface area contributed by atoms with E-state index in [4.69, 9.17) is 23.7 Å². The van der Waals surface area contributed by atoms with Gasteiger partial charge in [-0.2, -0.15) is 0 Å². The van der Waals surface area contributed by atoms with Crippen LogP contribution >= 0.6 is 0 Å². The molecule has 0 amide bonds. The molecule has 6 atom stereocenters. The van der Waals surface area contributed by atoms with Crippen molar-refractivity contribution in [3.8, 4) is 0 Å². The number of carbonyl (C=O) groups excluding carboxylic acids is 3. The van der Waals surface area contributed by atoms with Gasteiger partial charge in [-0.15, -0.1) is 0 Å². The zero-order valence-corrected chi connectivity index (χ0v) is 48.6. The maximum absolute atomic E-state index is 13.2. The van der Waals surface area contributed by atoms with Crippen molar-refractivity contribution < 1.29 is 58.2 Å². The molecular formula is C63H116O12. The summed E-state index contributed by atoms with van der Waals surface area (Å²) >= 11 is 0. The van der Waals surface area contributed by atoms with Gasteiger partial charge in [0, 0.05) is 19.3 Å². The minimum atomic E-state index is -1.90. The molecule has 0 radical (unpaired) electrons. The minimum Gasteiger partial charge on any atom is -0.479 e. The Hall–Kier alpha value is -2.54. The first kappa shape index (κ1) is 70.5. The fraction of sp³-hybridized carbons (Fsp3) is 0.905. The molecule has 12 nitrogen and oxygen atoms in total. The number of aliphatic hydroxyl groups is 2. The van der Waals surface area contributed by atoms with Crippen LogP contribution in [0.1, 0.15) is 316 Å². The molecule has 0 aliphatic carbocycles. The van der Waals surface area contributed by atoms with Crippen molar-refractivity contribution in [2.45, 2.75) is 353 Å². The van der Waals surface area contributed by atoms with E-state index in [9.17, 15) is 34.5 Å². The number of aliphatic carboxylic acids is 1. The minimum absolute atomic E-state index is 0.0565. The Morgan fingerprint density at radius 1 is 0.427 bits per heavy atom. The third-order valence-electron chi connectivity index (χ3n) is 14.8. The summed E-state index contributed by atoms with van der Waals surface area (Å²) in [5, 5.41) is 31.5. The fourth-order valence-electron chi connectivity index (χ4n) is 9.95. The Kier molecular flexibility index (Phi) is 49.0. The molecule has 1 saturated heterocycles. The van der Waals surface area contributed by atoms with E-state index in [1.165, 1.54) is 180 Å². The van der Waals surface area contributed by atoms with Gasteiger partial charge in [0.15, 0.2) is 24.6 Å². The molecule has 75 heavy (non-hydrogen) atoms. The van der Waals surface area contributed by atoms with E-state index in [-0.39, 0.29) is 25.9 Å². The van der Waals surface area contributed by atoms with E-state index in [1.807, 2.05) is 0 Å². The van der Waals surface area contributed by atoms with E-state index < -0.39 is 67.3 Å². The average Bonchev–Trinajstić information content (AvgIpc) is 3.39. The molecule has 0 aromatic rings. The van der Waals surface area contributed by atoms with Crippen LogP contribution in [0.3, 0.4) is 0 Å². The number of carboxylic acid groups (broad SMARTS) is 1. The maximum atomic E-state index is 13.2. The van der Waals surface area contributed by atoms with Gasteiger partial charge in [-0.25, -0.2) is 4.79 Å². The van der Waals surface area contributed by atoms with Gasteiger partial charge < -0.3 is 39.0 Å². The predicted octanol–water partition coefficient (Wildman–Crippen LogP) is 16.5. The quantitative estimate of drug-likeness (QED) is 0.0228. The van der Waals surface area contributed by atoms with Crippen molar-refractivity contribution >= 4 is 23.9 Å². The lowest BCUT2D eigenvalue weighted by atomic mass is 9.98. The molecule has 0 bridgehead atoms. The van der Waals surface area contributed by atoms with Gasteiger partial charge in [-0.1, -0.05) is 264 Å². The predicted molar refractivity (Wildman–Crippen MR) is 304 cm³/mol. The lowest BCUT2D eigenvalue weighted by Crippen LogP contribution is -2.61. The van der Waals surface area contributed by atoms with Gasteiger partial charge in [0.05, 0.1) is 6.61 Å². The van der Waals surface area contributed by atoms with Crippen molar-refractivity contribution in [1.29, 1.82) is 0 Å². The first-order valence-electron chi connectivity index (χ1n) is 31.7. The Bertz CT molecular complexity index is 1360. The Morgan fingerprint density at radius 3 is 1.15 bits per heavy atom. The van der Waals surface area contributed by atoms with Gasteiger partial charge in [0.2, 0.25) is 0 Å². The van der Waals surface area contributed by atoms with Crippen LogP contribution in [0.2, 0.25) is 0 Å². The first-order valence-corrected chi connectivity index (χ1v) is 31.7. The van der Waals surface area contributed by atoms with E-state index in [2.05, 4.69) is 32.9 Å². The summed E-state index contributed by atoms with van der Waals surface area (Å²) in [6, 6.07) is 0. The number of carbonyl (C=O) groups is 4. The van der Waals surface area contributed by atoms with Crippen LogP contribution in [-0.2, 0) is 42.9 Å². The van der Waals surface area contributed by atoms with E-state index in [0.29, 0.717) is 19.3 Å². The molecule has 12 heteroatoms. The molecule has 0 aromatic heterocycles. The maximum Gasteiger partial charge on any atom is 0.335 e. The Balaban J connectivity index is 2.65. The van der Waals surface area contributed by atoms with Crippen LogP contribution in [-0.4, -0.2) is 89.2 Å². The summed E-state index contributed by atoms with van der Waals surface area (Å²) in [4.78, 5) is 51.2. The largest absolute Gasteiger partial charge is 0.479 e. The van der Waals surface area contributed by atoms with Crippen molar-refractivity contribution in [2.24, 2.45) is 0 Å². The SMILES string of the molecule is CCCCCC/C=C\CCCCCCCC(=O)OC1C(OCC(COC(=O)CCCCCCCCCCCCCCCCCCC)OC(=O)CCCCCCCCCCCCCCCCC)OC(C(=O)O)C(O)C1O. The number of esters is 3. The lowest BCUT2D eigenvalue weighted by Gasteiger charge is -2.40. The molecule has 1 aliphatic rings. The summed E-state index contributed by atoms with van der Waals surface area (Å²) in [7, 11) is 0. The number of aliphatic hydroxyl groups excluding tert-OH is 2. The highest BCUT2D eigenvalue weighted by Crippen LogP contribution is 2.27. The highest BCUT2D eigenvalue weighted by Gasteiger charge is 2.50. The standard InChI is InChI=1S/C63H116O12/c1-4-7-10-13-16-19-22-25-27-28-30-32-34-37-40-43-46-49-55(64)71-52-54(73-56(65)50-47-44-41-38-36-33-29-26-23-20-17-14-11-8-5-2)53-72-63-61(59(68)58(67)60(75-63)62(69)70)74-57(66)51-48-45-42-39-35-31-24-21-18-15-12-9-6-3/h21,24,54,58-61,63,67-68H,4-20,22-23,25-53H2,1-3H3,(H,69,70)/b24-21-. The van der Waals surface area contributed by atoms with Crippen molar-refractivity contribution in [3.63, 3.8) is 0 Å². The third-order valence-corrected chi connectivity index (χ3v) is 14.8. The monoisotopic (exact) mass is 1060 g/mol. The molecule has 1 aliphatic heterocycles. The number of hydrogen-bond donors (Lipinski definition) is 3. The molecule has 0 aromatic carbocycles. The van der Waals surface area contributed by atoms with E-state index >= 15 is 0 Å². The highest BCUT2D eigenvalue weighted by atomic mass is 16.7. The zero-order valence-electron chi connectivity index (χ0n) is 48.6. The summed E-state index contributed by atoms with van der Waals surface area (Å²) in [5.74, 6) is -3.09. The van der Waals surface area contributed by atoms with Crippen LogP contribution < -0.4 is 0 Å². The molecular weight excluding hydrogens is 949 g/mol. The average molecular weight is 1070 g/mol. The van der Waals surface area contributed by atoms with Crippen LogP contribution in [0.4, 0.5) is 0 Å². The second-order valence-electron chi connectivity index (χ2n) is 22.1. The number of hydrogen-bond acceptors (Lipinski definition) is 11. The number of allylic oxidation sites excluding steroid dienone is 2. The van der Waals surface area contributed by atoms with Crippen LogP contribution in [0, 0.1) is 0 Å². The van der Waals surface area contributed by atoms with Crippen LogP contribution in [0.15, 0.2) is 12.2 Å². The van der Waals surface area contributed by atoms with E-state index in [1.54, 1.807) is 0 Å². The summed E-state index contributed by atoms with van der Waals surface area (Å²) in [6.07, 6.45) is 46.0. The van der Waals surface area contributed by atoms with Crippen LogP contribution in [0.25, 0.3) is 0 Å². The van der Waals surface area contributed by atoms with Gasteiger partial charge in [-0.3, -0.25) is 14.4 Å². The summed E-state index contributed by atoms with van der Waals surface area (Å²) in [6.45, 7) is 6.03. The lowest BCUT2D eigenvalue weighted by molar-refractivity contribution is -0.301. The second-order valence-corrected chi connectivity index (χ2v) is 22.1. The highest BCUT2D eigenvalue weighted by molar-refractivity contribution is 5.74. The molecule has 3 N–H and O–H groups in total. The second kappa shape index (κ2) is 52.2. The summed E-state index contributed by atoms with van der Waals surface area (Å²) < 4.78 is 28.5. The Labute approximate surface area is 458 Å². The van der Waals surface area contributed by atoms with Gasteiger partial charge in [0.1, 0.15) is 18.8 Å². The first-order chi connectivity index (χ1) is 36.6. The Morgan fingerprint density at radius 2 is 0.760 bits per heavy atom. The zero-order chi connectivity index (χ0) is 54.7. The molecule has 6 unspecified atom stereocenters. The van der Waals surface area contributed by atoms with E-state index in [0.717, 1.165) is 77.0 Å². The normalized spacial score (nSPS) is 18.1. The van der Waals surface area contributed by atoms with Crippen molar-refractivity contribution in [3.05, 3.63) is 12.2 Å². The number of carboxylic acids is 1. The van der Waals surface area contributed by atoms with Crippen molar-refractivity contribution in [2.75, 3.05) is 13.2 Å². The molecule has 440 valence electrons. The van der Waals surface area contributed by atoms with Gasteiger partial charge >= 0.3 is 23.9 Å². The topological polar surface area (TPSA) is 175 Å². The molecule has 0 spiro atoms. The third kappa shape index (κ3) is 42.1. The smallest absolute Gasteiger partial charge is 0.335 e. The van der Waals surface area contributed by atoms with Gasteiger partial charge in [0.25, 0.3) is 0 Å². The molecule has 1 fully saturated rings. The molecule has 1 heterocycles. The van der Waals surface area contributed by atoms with Crippen LogP contribution in [0.5, 0.6) is 0 Å². The molecule has 0 saturated carbocycles. The molecule has 1 rings (SSSR count). The fourth-order valence-corrected chi connectivity index (χ4v) is 9.95.